The fourth-order valence-electron chi connectivity index (χ4n) is 2.01. The van der Waals surface area contributed by atoms with Crippen LogP contribution in [0.5, 0.6) is 5.75 Å². The van der Waals surface area contributed by atoms with E-state index in [1.165, 1.54) is 6.07 Å². The Kier molecular flexibility index (Phi) is 6.86. The zero-order valence-electron chi connectivity index (χ0n) is 14.1. The van der Waals surface area contributed by atoms with Crippen molar-refractivity contribution in [2.24, 2.45) is 0 Å². The van der Waals surface area contributed by atoms with Gasteiger partial charge in [0.1, 0.15) is 6.61 Å². The van der Waals surface area contributed by atoms with Crippen LogP contribution in [0.25, 0.3) is 6.08 Å². The second-order valence-corrected chi connectivity index (χ2v) is 5.21. The summed E-state index contributed by atoms with van der Waals surface area (Å²) in [5, 5.41) is 0. The Morgan fingerprint density at radius 3 is 2.38 bits per heavy atom. The molecule has 0 radical (unpaired) electrons. The predicted octanol–water partition coefficient (Wildman–Crippen LogP) is 5.60. The summed E-state index contributed by atoms with van der Waals surface area (Å²) in [6.07, 6.45) is 8.90. The van der Waals surface area contributed by atoms with E-state index in [9.17, 15) is 4.39 Å². The second kappa shape index (κ2) is 9.37. The van der Waals surface area contributed by atoms with Crippen LogP contribution in [0.2, 0.25) is 0 Å². The average Bonchev–Trinajstić information content (AvgIpc) is 2.61. The lowest BCUT2D eigenvalue weighted by atomic mass is 10.1. The molecule has 0 bridgehead atoms. The van der Waals surface area contributed by atoms with E-state index in [0.29, 0.717) is 12.2 Å². The summed E-state index contributed by atoms with van der Waals surface area (Å²) in [6, 6.07) is 12.8. The first kappa shape index (κ1) is 17.6. The highest BCUT2D eigenvalue weighted by Gasteiger charge is 2.02. The van der Waals surface area contributed by atoms with E-state index in [2.05, 4.69) is 30.9 Å². The fraction of sp³-hybridized carbons (Fsp3) is 0.182. The number of benzene rings is 2. The lowest BCUT2D eigenvalue weighted by Crippen LogP contribution is -1.96. The summed E-state index contributed by atoms with van der Waals surface area (Å²) in [5.74, 6) is 5.88. The van der Waals surface area contributed by atoms with Crippen molar-refractivity contribution in [3.8, 4) is 17.6 Å². The molecule has 1 nitrogen and oxygen atoms in total. The Balaban J connectivity index is 2.07. The van der Waals surface area contributed by atoms with Crippen molar-refractivity contribution in [1.29, 1.82) is 0 Å². The predicted molar refractivity (Wildman–Crippen MR) is 98.5 cm³/mol. The SMILES string of the molecule is CC=CCOc1ccc(C#Cc2ccc(C=CCC)cc2)cc1F. The summed E-state index contributed by atoms with van der Waals surface area (Å²) in [4.78, 5) is 0. The number of rotatable bonds is 5. The molecule has 0 heterocycles. The third-order valence-corrected chi connectivity index (χ3v) is 3.31. The van der Waals surface area contributed by atoms with Crippen molar-refractivity contribution >= 4 is 6.08 Å². The molecule has 2 heteroatoms. The molecular weight excluding hydrogens is 299 g/mol. The number of allylic oxidation sites excluding steroid dienone is 2. The third-order valence-electron chi connectivity index (χ3n) is 3.31. The standard InChI is InChI=1S/C22H21FO/c1-3-5-7-18-8-10-19(11-9-18)12-13-20-14-15-22(21(23)17-20)24-16-6-4-2/h4-11,14-15,17H,3,16H2,1-2H3. The Hall–Kier alpha value is -2.79. The van der Waals surface area contributed by atoms with Crippen LogP contribution < -0.4 is 4.74 Å². The molecule has 2 aromatic rings. The van der Waals surface area contributed by atoms with Gasteiger partial charge < -0.3 is 4.74 Å². The van der Waals surface area contributed by atoms with Gasteiger partial charge in [-0.05, 0) is 49.2 Å². The normalized spacial score (nSPS) is 10.8. The van der Waals surface area contributed by atoms with Crippen molar-refractivity contribution in [3.63, 3.8) is 0 Å². The van der Waals surface area contributed by atoms with Gasteiger partial charge in [0.25, 0.3) is 0 Å². The first-order valence-electron chi connectivity index (χ1n) is 8.05. The highest BCUT2D eigenvalue weighted by atomic mass is 19.1. The lowest BCUT2D eigenvalue weighted by Gasteiger charge is -2.04. The van der Waals surface area contributed by atoms with Gasteiger partial charge in [-0.15, -0.1) is 0 Å². The molecule has 0 aliphatic carbocycles. The minimum absolute atomic E-state index is 0.241. The molecule has 0 aliphatic heterocycles. The van der Waals surface area contributed by atoms with Gasteiger partial charge in [-0.2, -0.15) is 0 Å². The van der Waals surface area contributed by atoms with Gasteiger partial charge in [-0.1, -0.05) is 55.2 Å². The Morgan fingerprint density at radius 1 is 1.00 bits per heavy atom. The number of ether oxygens (including phenoxy) is 1. The molecular formula is C22H21FO. The van der Waals surface area contributed by atoms with Crippen LogP contribution in [0.3, 0.4) is 0 Å². The maximum Gasteiger partial charge on any atom is 0.166 e. The molecule has 0 unspecified atom stereocenters. The summed E-state index contributed by atoms with van der Waals surface area (Å²) in [5.41, 5.74) is 2.68. The van der Waals surface area contributed by atoms with Gasteiger partial charge in [-0.25, -0.2) is 4.39 Å². The van der Waals surface area contributed by atoms with Crippen molar-refractivity contribution in [2.75, 3.05) is 6.61 Å². The van der Waals surface area contributed by atoms with E-state index >= 15 is 0 Å². The average molecular weight is 320 g/mol. The summed E-state index contributed by atoms with van der Waals surface area (Å²) >= 11 is 0. The molecule has 0 spiro atoms. The van der Waals surface area contributed by atoms with Gasteiger partial charge in [0, 0.05) is 11.1 Å². The largest absolute Gasteiger partial charge is 0.486 e. The Labute approximate surface area is 143 Å². The Bertz CT molecular complexity index is 774. The fourth-order valence-corrected chi connectivity index (χ4v) is 2.01. The molecule has 2 aromatic carbocycles. The second-order valence-electron chi connectivity index (χ2n) is 5.21. The molecule has 0 N–H and O–H groups in total. The van der Waals surface area contributed by atoms with Gasteiger partial charge in [0.05, 0.1) is 0 Å². The topological polar surface area (TPSA) is 9.23 Å². The van der Waals surface area contributed by atoms with Gasteiger partial charge in [0.2, 0.25) is 0 Å². The zero-order valence-corrected chi connectivity index (χ0v) is 14.1. The molecule has 0 fully saturated rings. The highest BCUT2D eigenvalue weighted by Crippen LogP contribution is 2.18. The van der Waals surface area contributed by atoms with Crippen LogP contribution in [0.4, 0.5) is 4.39 Å². The van der Waals surface area contributed by atoms with Crippen molar-refractivity contribution in [3.05, 3.63) is 83.2 Å². The summed E-state index contributed by atoms with van der Waals surface area (Å²) in [6.45, 7) is 4.36. The van der Waals surface area contributed by atoms with Crippen LogP contribution >= 0.6 is 0 Å². The van der Waals surface area contributed by atoms with E-state index in [1.807, 2.05) is 43.3 Å². The zero-order chi connectivity index (χ0) is 17.2. The van der Waals surface area contributed by atoms with E-state index in [4.69, 9.17) is 4.74 Å². The van der Waals surface area contributed by atoms with Crippen LogP contribution in [0, 0.1) is 17.7 Å². The minimum atomic E-state index is -0.397. The molecule has 0 aliphatic rings. The molecule has 0 aromatic heterocycles. The molecule has 0 saturated carbocycles. The molecule has 0 amide bonds. The third kappa shape index (κ3) is 5.44. The van der Waals surface area contributed by atoms with Crippen molar-refractivity contribution < 1.29 is 9.13 Å². The number of hydrogen-bond donors (Lipinski definition) is 0. The maximum absolute atomic E-state index is 13.9. The van der Waals surface area contributed by atoms with E-state index < -0.39 is 5.82 Å². The molecule has 0 atom stereocenters. The van der Waals surface area contributed by atoms with Gasteiger partial charge in [-0.3, -0.25) is 0 Å². The smallest absolute Gasteiger partial charge is 0.166 e. The quantitative estimate of drug-likeness (QED) is 0.514. The molecule has 0 saturated heterocycles. The first-order chi connectivity index (χ1) is 11.7. The van der Waals surface area contributed by atoms with Crippen LogP contribution in [-0.4, -0.2) is 6.61 Å². The Morgan fingerprint density at radius 2 is 1.71 bits per heavy atom. The summed E-state index contributed by atoms with van der Waals surface area (Å²) < 4.78 is 19.3. The molecule has 24 heavy (non-hydrogen) atoms. The lowest BCUT2D eigenvalue weighted by molar-refractivity contribution is 0.341. The molecule has 122 valence electrons. The van der Waals surface area contributed by atoms with E-state index in [1.54, 1.807) is 12.1 Å². The number of hydrogen-bond acceptors (Lipinski definition) is 1. The highest BCUT2D eigenvalue weighted by molar-refractivity contribution is 5.52. The van der Waals surface area contributed by atoms with Crippen LogP contribution in [0.1, 0.15) is 37.0 Å². The minimum Gasteiger partial charge on any atom is -0.486 e. The number of halogens is 1. The van der Waals surface area contributed by atoms with E-state index in [-0.39, 0.29) is 5.75 Å². The van der Waals surface area contributed by atoms with Crippen molar-refractivity contribution in [2.45, 2.75) is 20.3 Å². The van der Waals surface area contributed by atoms with Gasteiger partial charge >= 0.3 is 0 Å². The van der Waals surface area contributed by atoms with Crippen LogP contribution in [0.15, 0.2) is 60.7 Å². The summed E-state index contributed by atoms with van der Waals surface area (Å²) in [7, 11) is 0. The monoisotopic (exact) mass is 320 g/mol. The maximum atomic E-state index is 13.9. The van der Waals surface area contributed by atoms with E-state index in [0.717, 1.165) is 17.5 Å². The van der Waals surface area contributed by atoms with Crippen molar-refractivity contribution in [1.82, 2.24) is 0 Å². The van der Waals surface area contributed by atoms with Crippen LogP contribution in [-0.2, 0) is 0 Å². The van der Waals surface area contributed by atoms with Gasteiger partial charge in [0.15, 0.2) is 11.6 Å². The first-order valence-corrected chi connectivity index (χ1v) is 8.05. The molecule has 2 rings (SSSR count).